The van der Waals surface area contributed by atoms with Gasteiger partial charge < -0.3 is 10.5 Å². The Morgan fingerprint density at radius 1 is 1.45 bits per heavy atom. The van der Waals surface area contributed by atoms with Gasteiger partial charge in [-0.2, -0.15) is 0 Å². The molecule has 1 saturated heterocycles. The lowest BCUT2D eigenvalue weighted by Crippen LogP contribution is -2.45. The van der Waals surface area contributed by atoms with Crippen LogP contribution in [-0.2, 0) is 0 Å². The van der Waals surface area contributed by atoms with E-state index in [0.29, 0.717) is 5.41 Å². The highest BCUT2D eigenvalue weighted by atomic mass is 15.0. The van der Waals surface area contributed by atoms with Gasteiger partial charge in [-0.3, -0.25) is 0 Å². The topological polar surface area (TPSA) is 29.3 Å². The maximum Gasteiger partial charge on any atom is 0.182 e. The van der Waals surface area contributed by atoms with Crippen molar-refractivity contribution < 1.29 is 0 Å². The Morgan fingerprint density at radius 3 is 2.27 bits per heavy atom. The molecule has 1 fully saturated rings. The summed E-state index contributed by atoms with van der Waals surface area (Å²) < 4.78 is 0. The van der Waals surface area contributed by atoms with Crippen LogP contribution in [-0.4, -0.2) is 31.9 Å². The molecule has 0 bridgehead atoms. The van der Waals surface area contributed by atoms with E-state index in [9.17, 15) is 0 Å². The molecule has 1 aliphatic rings. The Kier molecular flexibility index (Phi) is 2.60. The van der Waals surface area contributed by atoms with E-state index in [4.69, 9.17) is 13.7 Å². The standard InChI is InChI=1S/C8H17BN2/c1-7(10)8(2)3-5-11(9)6-4-8/h7H,3-6,10H2,1-2H3. The van der Waals surface area contributed by atoms with Gasteiger partial charge in [0.1, 0.15) is 0 Å². The SMILES string of the molecule is [B]N1CCC(C)(C(C)N)CC1. The smallest absolute Gasteiger partial charge is 0.182 e. The van der Waals surface area contributed by atoms with Crippen molar-refractivity contribution in [3.8, 4) is 0 Å². The van der Waals surface area contributed by atoms with Crippen LogP contribution in [0.1, 0.15) is 26.7 Å². The summed E-state index contributed by atoms with van der Waals surface area (Å²) in [5, 5.41) is 0. The van der Waals surface area contributed by atoms with Crippen LogP contribution in [0.5, 0.6) is 0 Å². The molecule has 62 valence electrons. The molecular formula is C8H17BN2. The van der Waals surface area contributed by atoms with Crippen LogP contribution < -0.4 is 5.73 Å². The van der Waals surface area contributed by atoms with Crippen LogP contribution in [0.4, 0.5) is 0 Å². The Balaban J connectivity index is 2.48. The Bertz CT molecular complexity index is 128. The van der Waals surface area contributed by atoms with Crippen LogP contribution in [0.3, 0.4) is 0 Å². The van der Waals surface area contributed by atoms with Crippen molar-refractivity contribution >= 4 is 7.98 Å². The molecule has 1 atom stereocenters. The summed E-state index contributed by atoms with van der Waals surface area (Å²) in [5.74, 6) is 0. The van der Waals surface area contributed by atoms with Gasteiger partial charge in [0, 0.05) is 6.04 Å². The Hall–Kier alpha value is -0.0151. The third-order valence-electron chi connectivity index (χ3n) is 3.04. The van der Waals surface area contributed by atoms with Gasteiger partial charge in [0.25, 0.3) is 0 Å². The Morgan fingerprint density at radius 2 is 1.91 bits per heavy atom. The van der Waals surface area contributed by atoms with Crippen molar-refractivity contribution in [1.82, 2.24) is 4.81 Å². The minimum absolute atomic E-state index is 0.288. The molecule has 0 spiro atoms. The molecule has 0 amide bonds. The van der Waals surface area contributed by atoms with Crippen LogP contribution in [0.2, 0.25) is 0 Å². The molecule has 1 heterocycles. The molecule has 2 nitrogen and oxygen atoms in total. The monoisotopic (exact) mass is 152 g/mol. The summed E-state index contributed by atoms with van der Waals surface area (Å²) in [5.41, 5.74) is 6.20. The normalized spacial score (nSPS) is 28.3. The van der Waals surface area contributed by atoms with Gasteiger partial charge in [0.05, 0.1) is 0 Å². The van der Waals surface area contributed by atoms with Crippen molar-refractivity contribution in [3.05, 3.63) is 0 Å². The molecule has 1 unspecified atom stereocenters. The second kappa shape index (κ2) is 3.15. The van der Waals surface area contributed by atoms with E-state index in [2.05, 4.69) is 13.8 Å². The second-order valence-corrected chi connectivity index (χ2v) is 3.98. The minimum Gasteiger partial charge on any atom is -0.353 e. The van der Waals surface area contributed by atoms with Crippen LogP contribution in [0.15, 0.2) is 0 Å². The van der Waals surface area contributed by atoms with Gasteiger partial charge in [0.15, 0.2) is 7.98 Å². The molecule has 1 aliphatic heterocycles. The van der Waals surface area contributed by atoms with Gasteiger partial charge in [-0.05, 0) is 38.3 Å². The first-order chi connectivity index (χ1) is 5.04. The number of rotatable bonds is 1. The van der Waals surface area contributed by atoms with E-state index >= 15 is 0 Å². The quantitative estimate of drug-likeness (QED) is 0.555. The van der Waals surface area contributed by atoms with Gasteiger partial charge >= 0.3 is 0 Å². The first-order valence-corrected chi connectivity index (χ1v) is 4.30. The molecule has 0 aromatic carbocycles. The highest BCUT2D eigenvalue weighted by Crippen LogP contribution is 2.32. The molecular weight excluding hydrogens is 135 g/mol. The van der Waals surface area contributed by atoms with Crippen molar-refractivity contribution in [2.45, 2.75) is 32.7 Å². The average Bonchev–Trinajstić information content (AvgIpc) is 1.95. The zero-order chi connectivity index (χ0) is 8.48. The number of hydrogen-bond donors (Lipinski definition) is 1. The largest absolute Gasteiger partial charge is 0.353 e. The summed E-state index contributed by atoms with van der Waals surface area (Å²) in [6.45, 7) is 6.31. The zero-order valence-corrected chi connectivity index (χ0v) is 7.51. The van der Waals surface area contributed by atoms with Gasteiger partial charge in [-0.1, -0.05) is 6.92 Å². The molecule has 2 radical (unpaired) electrons. The van der Waals surface area contributed by atoms with E-state index in [1.54, 1.807) is 0 Å². The highest BCUT2D eigenvalue weighted by Gasteiger charge is 2.31. The van der Waals surface area contributed by atoms with Crippen molar-refractivity contribution in [3.63, 3.8) is 0 Å². The fraction of sp³-hybridized carbons (Fsp3) is 1.00. The van der Waals surface area contributed by atoms with E-state index in [1.807, 2.05) is 4.81 Å². The first-order valence-electron chi connectivity index (χ1n) is 4.30. The average molecular weight is 152 g/mol. The molecule has 0 saturated carbocycles. The van der Waals surface area contributed by atoms with Gasteiger partial charge in [0.2, 0.25) is 0 Å². The van der Waals surface area contributed by atoms with E-state index in [0.717, 1.165) is 25.9 Å². The fourth-order valence-corrected chi connectivity index (χ4v) is 1.49. The van der Waals surface area contributed by atoms with E-state index in [-0.39, 0.29) is 6.04 Å². The molecule has 0 aliphatic carbocycles. The summed E-state index contributed by atoms with van der Waals surface area (Å²) >= 11 is 0. The number of nitrogens with two attached hydrogens (primary N) is 1. The maximum absolute atomic E-state index is 5.89. The van der Waals surface area contributed by atoms with Gasteiger partial charge in [-0.15, -0.1) is 0 Å². The van der Waals surface area contributed by atoms with E-state index in [1.165, 1.54) is 0 Å². The lowest BCUT2D eigenvalue weighted by molar-refractivity contribution is 0.149. The summed E-state index contributed by atoms with van der Waals surface area (Å²) in [7, 11) is 5.65. The van der Waals surface area contributed by atoms with E-state index < -0.39 is 0 Å². The zero-order valence-electron chi connectivity index (χ0n) is 7.51. The Labute approximate surface area is 70.6 Å². The maximum atomic E-state index is 5.89. The van der Waals surface area contributed by atoms with Crippen LogP contribution in [0.25, 0.3) is 0 Å². The molecule has 2 N–H and O–H groups in total. The third kappa shape index (κ3) is 1.97. The van der Waals surface area contributed by atoms with Crippen molar-refractivity contribution in [2.75, 3.05) is 13.1 Å². The summed E-state index contributed by atoms with van der Waals surface area (Å²) in [6, 6.07) is 0.288. The molecule has 3 heteroatoms. The van der Waals surface area contributed by atoms with Crippen molar-refractivity contribution in [2.24, 2.45) is 11.1 Å². The number of piperidine rings is 1. The number of nitrogens with zero attached hydrogens (tertiary/aromatic N) is 1. The van der Waals surface area contributed by atoms with Crippen molar-refractivity contribution in [1.29, 1.82) is 0 Å². The lowest BCUT2D eigenvalue weighted by Gasteiger charge is -2.41. The van der Waals surface area contributed by atoms with Gasteiger partial charge in [-0.25, -0.2) is 0 Å². The summed E-state index contributed by atoms with van der Waals surface area (Å²) in [4.78, 5) is 1.88. The summed E-state index contributed by atoms with van der Waals surface area (Å²) in [6.07, 6.45) is 2.25. The molecule has 0 aromatic rings. The molecule has 0 aromatic heterocycles. The molecule has 11 heavy (non-hydrogen) atoms. The predicted molar refractivity (Wildman–Crippen MR) is 48.3 cm³/mol. The minimum atomic E-state index is 0.288. The fourth-order valence-electron chi connectivity index (χ4n) is 1.49. The third-order valence-corrected chi connectivity index (χ3v) is 3.04. The molecule has 1 rings (SSSR count). The number of hydrogen-bond acceptors (Lipinski definition) is 2. The van der Waals surface area contributed by atoms with Crippen LogP contribution in [0, 0.1) is 5.41 Å². The predicted octanol–water partition coefficient (Wildman–Crippen LogP) is 0.519. The highest BCUT2D eigenvalue weighted by molar-refractivity contribution is 6.04. The lowest BCUT2D eigenvalue weighted by atomic mass is 9.74. The van der Waals surface area contributed by atoms with Crippen LogP contribution >= 0.6 is 0 Å². The second-order valence-electron chi connectivity index (χ2n) is 3.98. The first kappa shape index (κ1) is 9.08.